The molecule has 116 valence electrons. The Morgan fingerprint density at radius 2 is 2.05 bits per heavy atom. The fourth-order valence-electron chi connectivity index (χ4n) is 2.40. The summed E-state index contributed by atoms with van der Waals surface area (Å²) in [6.45, 7) is 11.5. The summed E-state index contributed by atoms with van der Waals surface area (Å²) in [4.78, 5) is 1.09. The molecule has 0 aliphatic carbocycles. The van der Waals surface area contributed by atoms with Crippen molar-refractivity contribution in [1.82, 2.24) is 19.4 Å². The van der Waals surface area contributed by atoms with Crippen LogP contribution in [0.4, 0.5) is 0 Å². The van der Waals surface area contributed by atoms with Gasteiger partial charge in [-0.1, -0.05) is 32.2 Å². The van der Waals surface area contributed by atoms with E-state index in [-0.39, 0.29) is 11.5 Å². The van der Waals surface area contributed by atoms with Crippen LogP contribution in [0.2, 0.25) is 0 Å². The van der Waals surface area contributed by atoms with Gasteiger partial charge in [0.25, 0.3) is 0 Å². The molecule has 0 aromatic carbocycles. The topological polar surface area (TPSA) is 69.6 Å². The Labute approximate surface area is 130 Å². The average molecular weight is 307 g/mol. The van der Waals surface area contributed by atoms with Gasteiger partial charge < -0.3 is 5.73 Å². The van der Waals surface area contributed by atoms with Crippen LogP contribution in [0, 0.1) is 0 Å². The zero-order valence-electron chi connectivity index (χ0n) is 13.6. The second-order valence-corrected chi connectivity index (χ2v) is 7.13. The quantitative estimate of drug-likeness (QED) is 0.922. The molecule has 5 nitrogen and oxygen atoms in total. The first-order valence-corrected chi connectivity index (χ1v) is 8.28. The fourth-order valence-corrected chi connectivity index (χ4v) is 3.27. The van der Waals surface area contributed by atoms with Crippen molar-refractivity contribution in [3.63, 3.8) is 0 Å². The largest absolute Gasteiger partial charge is 0.323 e. The van der Waals surface area contributed by atoms with Crippen LogP contribution in [0.3, 0.4) is 0 Å². The van der Waals surface area contributed by atoms with Crippen molar-refractivity contribution < 1.29 is 0 Å². The molecule has 0 spiro atoms. The molecule has 0 aliphatic rings. The maximum absolute atomic E-state index is 6.43. The molecule has 0 bridgehead atoms. The first-order chi connectivity index (χ1) is 9.86. The minimum absolute atomic E-state index is 0.0282. The normalized spacial score (nSPS) is 13.6. The summed E-state index contributed by atoms with van der Waals surface area (Å²) in [6.07, 6.45) is 1.72. The SMILES string of the molecule is CCc1cc(CC(N)c2snnc2C(C)(C)C)n(CC)n1. The van der Waals surface area contributed by atoms with Gasteiger partial charge in [-0.15, -0.1) is 5.10 Å². The number of rotatable bonds is 5. The van der Waals surface area contributed by atoms with Crippen molar-refractivity contribution in [2.24, 2.45) is 5.73 Å². The van der Waals surface area contributed by atoms with Crippen LogP contribution in [-0.2, 0) is 24.8 Å². The predicted octanol–water partition coefficient (Wildman–Crippen LogP) is 2.86. The van der Waals surface area contributed by atoms with E-state index in [2.05, 4.69) is 55.4 Å². The summed E-state index contributed by atoms with van der Waals surface area (Å²) in [6, 6.07) is 2.08. The van der Waals surface area contributed by atoms with Crippen LogP contribution in [0.25, 0.3) is 0 Å². The molecule has 2 rings (SSSR count). The summed E-state index contributed by atoms with van der Waals surface area (Å²) in [7, 11) is 0. The molecule has 6 heteroatoms. The molecule has 0 fully saturated rings. The number of aryl methyl sites for hydroxylation is 2. The molecule has 2 aromatic rings. The third kappa shape index (κ3) is 3.49. The predicted molar refractivity (Wildman–Crippen MR) is 86.5 cm³/mol. The minimum Gasteiger partial charge on any atom is -0.323 e. The number of nitrogens with two attached hydrogens (primary N) is 1. The molecule has 2 aromatic heterocycles. The van der Waals surface area contributed by atoms with Crippen LogP contribution in [0.1, 0.15) is 62.6 Å². The minimum atomic E-state index is -0.0778. The lowest BCUT2D eigenvalue weighted by Gasteiger charge is -2.19. The van der Waals surface area contributed by atoms with Crippen LogP contribution in [0.15, 0.2) is 6.07 Å². The Kier molecular flexibility index (Phi) is 4.78. The zero-order chi connectivity index (χ0) is 15.6. The van der Waals surface area contributed by atoms with Crippen LogP contribution < -0.4 is 5.73 Å². The van der Waals surface area contributed by atoms with Gasteiger partial charge in [0.1, 0.15) is 0 Å². The Morgan fingerprint density at radius 1 is 1.33 bits per heavy atom. The van der Waals surface area contributed by atoms with Crippen molar-refractivity contribution in [3.05, 3.63) is 28.0 Å². The van der Waals surface area contributed by atoms with Gasteiger partial charge in [0, 0.05) is 30.1 Å². The molecule has 21 heavy (non-hydrogen) atoms. The Bertz CT molecular complexity index is 593. The third-order valence-corrected chi connectivity index (χ3v) is 4.42. The van der Waals surface area contributed by atoms with E-state index in [1.54, 1.807) is 0 Å². The number of hydrogen-bond donors (Lipinski definition) is 1. The number of aromatic nitrogens is 4. The van der Waals surface area contributed by atoms with Crippen molar-refractivity contribution in [1.29, 1.82) is 0 Å². The molecule has 1 atom stereocenters. The Morgan fingerprint density at radius 3 is 2.62 bits per heavy atom. The van der Waals surface area contributed by atoms with Crippen molar-refractivity contribution >= 4 is 11.5 Å². The van der Waals surface area contributed by atoms with Gasteiger partial charge in [0.15, 0.2) is 0 Å². The van der Waals surface area contributed by atoms with E-state index >= 15 is 0 Å². The van der Waals surface area contributed by atoms with Gasteiger partial charge in [-0.3, -0.25) is 4.68 Å². The molecule has 0 saturated carbocycles. The van der Waals surface area contributed by atoms with Gasteiger partial charge in [-0.2, -0.15) is 5.10 Å². The summed E-state index contributed by atoms with van der Waals surface area (Å²) in [5, 5.41) is 8.87. The summed E-state index contributed by atoms with van der Waals surface area (Å²) in [5.41, 5.74) is 9.73. The smallest absolute Gasteiger partial charge is 0.0857 e. The van der Waals surface area contributed by atoms with E-state index in [9.17, 15) is 0 Å². The van der Waals surface area contributed by atoms with Gasteiger partial charge >= 0.3 is 0 Å². The standard InChI is InChI=1S/C15H25N5S/c1-6-10-8-11(20(7-2)18-10)9-12(16)13-14(15(3,4)5)17-19-21-13/h8,12H,6-7,9,16H2,1-5H3. The molecular weight excluding hydrogens is 282 g/mol. The monoisotopic (exact) mass is 307 g/mol. The highest BCUT2D eigenvalue weighted by Crippen LogP contribution is 2.30. The molecule has 2 N–H and O–H groups in total. The highest BCUT2D eigenvalue weighted by Gasteiger charge is 2.26. The first-order valence-electron chi connectivity index (χ1n) is 7.50. The lowest BCUT2D eigenvalue weighted by molar-refractivity contribution is 0.542. The maximum atomic E-state index is 6.43. The highest BCUT2D eigenvalue weighted by atomic mass is 32.1. The molecule has 0 saturated heterocycles. The van der Waals surface area contributed by atoms with Crippen molar-refractivity contribution in [2.75, 3.05) is 0 Å². The van der Waals surface area contributed by atoms with E-state index in [0.717, 1.165) is 35.7 Å². The van der Waals surface area contributed by atoms with Gasteiger partial charge in [-0.05, 0) is 30.9 Å². The Hall–Kier alpha value is -1.27. The molecule has 2 heterocycles. The third-order valence-electron chi connectivity index (χ3n) is 3.57. The van der Waals surface area contributed by atoms with Crippen LogP contribution in [0.5, 0.6) is 0 Å². The van der Waals surface area contributed by atoms with Crippen molar-refractivity contribution in [3.8, 4) is 0 Å². The number of hydrogen-bond acceptors (Lipinski definition) is 5. The van der Waals surface area contributed by atoms with Crippen LogP contribution in [-0.4, -0.2) is 19.4 Å². The first kappa shape index (κ1) is 16.1. The second-order valence-electron chi connectivity index (χ2n) is 6.34. The molecule has 1 unspecified atom stereocenters. The molecular formula is C15H25N5S. The average Bonchev–Trinajstić information content (AvgIpc) is 3.04. The second kappa shape index (κ2) is 6.23. The van der Waals surface area contributed by atoms with E-state index in [0.29, 0.717) is 0 Å². The molecule has 0 aliphatic heterocycles. The molecule has 0 radical (unpaired) electrons. The fraction of sp³-hybridized carbons (Fsp3) is 0.667. The lowest BCUT2D eigenvalue weighted by Crippen LogP contribution is -2.21. The highest BCUT2D eigenvalue weighted by molar-refractivity contribution is 7.05. The van der Waals surface area contributed by atoms with Gasteiger partial charge in [-0.25, -0.2) is 0 Å². The van der Waals surface area contributed by atoms with Crippen LogP contribution >= 0.6 is 11.5 Å². The number of nitrogens with zero attached hydrogens (tertiary/aromatic N) is 4. The zero-order valence-corrected chi connectivity index (χ0v) is 14.4. The summed E-state index contributed by atoms with van der Waals surface area (Å²) < 4.78 is 6.15. The van der Waals surface area contributed by atoms with E-state index < -0.39 is 0 Å². The van der Waals surface area contributed by atoms with E-state index in [1.807, 2.05) is 4.68 Å². The van der Waals surface area contributed by atoms with E-state index in [4.69, 9.17) is 5.73 Å². The molecule has 0 amide bonds. The Balaban J connectivity index is 2.24. The van der Waals surface area contributed by atoms with Gasteiger partial charge in [0.2, 0.25) is 0 Å². The summed E-state index contributed by atoms with van der Waals surface area (Å²) >= 11 is 1.41. The lowest BCUT2D eigenvalue weighted by atomic mass is 9.89. The van der Waals surface area contributed by atoms with E-state index in [1.165, 1.54) is 17.2 Å². The van der Waals surface area contributed by atoms with Crippen molar-refractivity contribution in [2.45, 2.75) is 65.5 Å². The summed E-state index contributed by atoms with van der Waals surface area (Å²) in [5.74, 6) is 0. The maximum Gasteiger partial charge on any atom is 0.0857 e. The van der Waals surface area contributed by atoms with Gasteiger partial charge in [0.05, 0.1) is 16.3 Å².